The van der Waals surface area contributed by atoms with Crippen molar-refractivity contribution in [2.75, 3.05) is 0 Å². The summed E-state index contributed by atoms with van der Waals surface area (Å²) in [5.74, 6) is 2.40. The van der Waals surface area contributed by atoms with Crippen LogP contribution < -0.4 is 0 Å². The Morgan fingerprint density at radius 1 is 0.360 bits per heavy atom. The highest BCUT2D eigenvalue weighted by Crippen LogP contribution is 2.42. The minimum absolute atomic E-state index is 0.578. The Bertz CT molecular complexity index is 2880. The molecule has 0 radical (unpaired) electrons. The van der Waals surface area contributed by atoms with Crippen LogP contribution in [0.25, 0.3) is 101 Å². The molecular weight excluding hydrogens is 617 g/mol. The Labute approximate surface area is 286 Å². The number of benzene rings is 7. The molecule has 0 aliphatic carbocycles. The molecule has 0 fully saturated rings. The first-order chi connectivity index (χ1) is 24.7. The molecule has 0 aliphatic heterocycles. The highest BCUT2D eigenvalue weighted by molar-refractivity contribution is 6.15. The van der Waals surface area contributed by atoms with Crippen molar-refractivity contribution in [2.45, 2.75) is 0 Å². The minimum Gasteiger partial charge on any atom is -0.456 e. The molecule has 0 saturated carbocycles. The Balaban J connectivity index is 1.17. The predicted octanol–water partition coefficient (Wildman–Crippen LogP) is 11.4. The van der Waals surface area contributed by atoms with Gasteiger partial charge in [0.05, 0.1) is 0 Å². The summed E-state index contributed by atoms with van der Waals surface area (Å²) in [7, 11) is 0. The van der Waals surface area contributed by atoms with Gasteiger partial charge in [0.25, 0.3) is 0 Å². The summed E-state index contributed by atoms with van der Waals surface area (Å²) in [4.78, 5) is 20.0. The fraction of sp³-hybridized carbons (Fsp3) is 0. The van der Waals surface area contributed by atoms with E-state index >= 15 is 0 Å². The number of fused-ring (bicyclic) bond motifs is 5. The Morgan fingerprint density at radius 2 is 1.02 bits per heavy atom. The molecule has 0 bridgehead atoms. The lowest BCUT2D eigenvalue weighted by molar-refractivity contribution is 0.620. The quantitative estimate of drug-likeness (QED) is 0.186. The molecule has 50 heavy (non-hydrogen) atoms. The van der Waals surface area contributed by atoms with Crippen LogP contribution in [0.5, 0.6) is 0 Å². The summed E-state index contributed by atoms with van der Waals surface area (Å²) in [6, 6.07) is 53.0. The Kier molecular flexibility index (Phi) is 6.39. The van der Waals surface area contributed by atoms with Gasteiger partial charge in [-0.3, -0.25) is 0 Å². The van der Waals surface area contributed by atoms with Crippen molar-refractivity contribution in [1.82, 2.24) is 19.9 Å². The van der Waals surface area contributed by atoms with Gasteiger partial charge in [0, 0.05) is 39.1 Å². The van der Waals surface area contributed by atoms with Gasteiger partial charge in [-0.2, -0.15) is 0 Å². The summed E-state index contributed by atoms with van der Waals surface area (Å²) >= 11 is 0. The zero-order chi connectivity index (χ0) is 33.0. The molecule has 3 aromatic heterocycles. The van der Waals surface area contributed by atoms with E-state index in [2.05, 4.69) is 48.5 Å². The molecule has 0 amide bonds. The van der Waals surface area contributed by atoms with Crippen molar-refractivity contribution in [1.29, 1.82) is 0 Å². The second-order valence-corrected chi connectivity index (χ2v) is 12.3. The number of rotatable bonds is 5. The minimum atomic E-state index is 0.578. The van der Waals surface area contributed by atoms with Crippen LogP contribution in [0.3, 0.4) is 0 Å². The Morgan fingerprint density at radius 3 is 1.84 bits per heavy atom. The Hall–Kier alpha value is -6.92. The number of aromatic nitrogens is 4. The van der Waals surface area contributed by atoms with Crippen LogP contribution >= 0.6 is 0 Å². The first-order valence-corrected chi connectivity index (χ1v) is 16.5. The van der Waals surface area contributed by atoms with Gasteiger partial charge in [-0.15, -0.1) is 0 Å². The molecule has 6 nitrogen and oxygen atoms in total. The number of oxazole rings is 1. The van der Waals surface area contributed by atoms with Gasteiger partial charge in [-0.05, 0) is 52.2 Å². The fourth-order valence-electron chi connectivity index (χ4n) is 6.76. The second kappa shape index (κ2) is 11.4. The lowest BCUT2D eigenvalue weighted by Crippen LogP contribution is -2.01. The van der Waals surface area contributed by atoms with Gasteiger partial charge in [0.15, 0.2) is 23.1 Å². The zero-order valence-corrected chi connectivity index (χ0v) is 26.6. The third kappa shape index (κ3) is 4.73. The number of furan rings is 1. The van der Waals surface area contributed by atoms with Crippen molar-refractivity contribution in [3.63, 3.8) is 0 Å². The largest absolute Gasteiger partial charge is 0.456 e. The lowest BCUT2D eigenvalue weighted by Gasteiger charge is -2.13. The molecule has 0 atom stereocenters. The molecule has 10 aromatic rings. The van der Waals surface area contributed by atoms with Gasteiger partial charge in [-0.1, -0.05) is 121 Å². The molecule has 0 unspecified atom stereocenters. The third-order valence-corrected chi connectivity index (χ3v) is 9.16. The summed E-state index contributed by atoms with van der Waals surface area (Å²) in [6.07, 6.45) is 0. The molecule has 10 rings (SSSR count). The molecule has 0 spiro atoms. The SMILES string of the molecule is c1ccc(-c2nc(-c3ccc4ccccc4c3)nc(-c3ccccc3-c3cccc4oc5cc6nc(-c7ccccc7)oc6cc5c34)n2)cc1. The van der Waals surface area contributed by atoms with Crippen molar-refractivity contribution < 1.29 is 8.83 Å². The average molecular weight is 643 g/mol. The highest BCUT2D eigenvalue weighted by atomic mass is 16.4. The summed E-state index contributed by atoms with van der Waals surface area (Å²) in [5.41, 5.74) is 8.63. The lowest BCUT2D eigenvalue weighted by atomic mass is 9.95. The van der Waals surface area contributed by atoms with E-state index in [0.29, 0.717) is 28.9 Å². The van der Waals surface area contributed by atoms with Gasteiger partial charge in [0.1, 0.15) is 16.7 Å². The monoisotopic (exact) mass is 642 g/mol. The van der Waals surface area contributed by atoms with Gasteiger partial charge < -0.3 is 8.83 Å². The molecule has 7 aromatic carbocycles. The standard InChI is InChI=1S/C44H26N4O2/c1-3-13-28(14-4-1)41-46-42(31-23-22-27-12-7-8-17-30(27)24-31)48-43(47-41)34-19-10-9-18-32(34)33-20-11-21-37-40(33)35-25-39-36(26-38(35)49-37)45-44(50-39)29-15-5-2-6-16-29/h1-26H. The van der Waals surface area contributed by atoms with Crippen molar-refractivity contribution in [2.24, 2.45) is 0 Å². The van der Waals surface area contributed by atoms with E-state index in [1.807, 2.05) is 109 Å². The summed E-state index contributed by atoms with van der Waals surface area (Å²) in [6.45, 7) is 0. The first kappa shape index (κ1) is 28.1. The van der Waals surface area contributed by atoms with Crippen LogP contribution in [-0.4, -0.2) is 19.9 Å². The normalized spacial score (nSPS) is 11.6. The maximum Gasteiger partial charge on any atom is 0.227 e. The maximum atomic E-state index is 6.45. The van der Waals surface area contributed by atoms with Crippen LogP contribution in [-0.2, 0) is 0 Å². The second-order valence-electron chi connectivity index (χ2n) is 12.3. The van der Waals surface area contributed by atoms with E-state index in [9.17, 15) is 0 Å². The third-order valence-electron chi connectivity index (χ3n) is 9.16. The molecular formula is C44H26N4O2. The average Bonchev–Trinajstić information content (AvgIpc) is 3.78. The van der Waals surface area contributed by atoms with E-state index in [1.54, 1.807) is 0 Å². The number of hydrogen-bond donors (Lipinski definition) is 0. The van der Waals surface area contributed by atoms with Gasteiger partial charge in [0.2, 0.25) is 5.89 Å². The smallest absolute Gasteiger partial charge is 0.227 e. The molecule has 6 heteroatoms. The van der Waals surface area contributed by atoms with Gasteiger partial charge >= 0.3 is 0 Å². The highest BCUT2D eigenvalue weighted by Gasteiger charge is 2.20. The fourth-order valence-corrected chi connectivity index (χ4v) is 6.76. The number of nitrogens with zero attached hydrogens (tertiary/aromatic N) is 4. The van der Waals surface area contributed by atoms with Crippen molar-refractivity contribution in [3.05, 3.63) is 158 Å². The van der Waals surface area contributed by atoms with Crippen LogP contribution in [0, 0.1) is 0 Å². The van der Waals surface area contributed by atoms with Crippen molar-refractivity contribution >= 4 is 43.8 Å². The molecule has 0 aliphatic rings. The van der Waals surface area contributed by atoms with E-state index in [-0.39, 0.29) is 0 Å². The van der Waals surface area contributed by atoms with Crippen molar-refractivity contribution in [3.8, 4) is 56.7 Å². The summed E-state index contributed by atoms with van der Waals surface area (Å²) in [5, 5.41) is 4.23. The topological polar surface area (TPSA) is 77.8 Å². The molecule has 3 heterocycles. The molecule has 234 valence electrons. The summed E-state index contributed by atoms with van der Waals surface area (Å²) < 4.78 is 12.7. The van der Waals surface area contributed by atoms with E-state index in [1.165, 1.54) is 5.39 Å². The zero-order valence-electron chi connectivity index (χ0n) is 26.6. The predicted molar refractivity (Wildman–Crippen MR) is 199 cm³/mol. The molecule has 0 N–H and O–H groups in total. The van der Waals surface area contributed by atoms with Crippen LogP contribution in [0.4, 0.5) is 0 Å². The van der Waals surface area contributed by atoms with Gasteiger partial charge in [-0.25, -0.2) is 19.9 Å². The van der Waals surface area contributed by atoms with Crippen LogP contribution in [0.1, 0.15) is 0 Å². The van der Waals surface area contributed by atoms with E-state index in [0.717, 1.165) is 66.2 Å². The number of hydrogen-bond acceptors (Lipinski definition) is 6. The van der Waals surface area contributed by atoms with Crippen LogP contribution in [0.2, 0.25) is 0 Å². The van der Waals surface area contributed by atoms with E-state index < -0.39 is 0 Å². The first-order valence-electron chi connectivity index (χ1n) is 16.5. The van der Waals surface area contributed by atoms with Crippen LogP contribution in [0.15, 0.2) is 167 Å². The van der Waals surface area contributed by atoms with E-state index in [4.69, 9.17) is 28.8 Å². The molecule has 0 saturated heterocycles. The maximum absolute atomic E-state index is 6.45.